The summed E-state index contributed by atoms with van der Waals surface area (Å²) in [4.78, 5) is 12.5. The first-order chi connectivity index (χ1) is 12.9. The molecule has 7 heteroatoms. The Hall–Kier alpha value is -2.38. The van der Waals surface area contributed by atoms with Crippen LogP contribution >= 0.6 is 0 Å². The Kier molecular flexibility index (Phi) is 6.52. The third kappa shape index (κ3) is 5.33. The fraction of sp³-hybridized carbons (Fsp3) is 0.381. The van der Waals surface area contributed by atoms with Crippen molar-refractivity contribution in [1.29, 1.82) is 0 Å². The number of carbonyl (C=O) groups excluding carboxylic acids is 1. The summed E-state index contributed by atoms with van der Waals surface area (Å²) < 4.78 is 31.0. The highest BCUT2D eigenvalue weighted by atomic mass is 32.2. The first-order valence-corrected chi connectivity index (χ1v) is 10.5. The predicted molar refractivity (Wildman–Crippen MR) is 111 cm³/mol. The highest BCUT2D eigenvalue weighted by Crippen LogP contribution is 2.25. The molecule has 0 spiro atoms. The summed E-state index contributed by atoms with van der Waals surface area (Å²) in [6.45, 7) is 8.06. The minimum absolute atomic E-state index is 0.0494. The molecular formula is C21H28N2O4S. The van der Waals surface area contributed by atoms with Gasteiger partial charge in [0, 0.05) is 19.8 Å². The smallest absolute Gasteiger partial charge is 0.265 e. The van der Waals surface area contributed by atoms with Crippen LogP contribution in [-0.2, 0) is 20.2 Å². The summed E-state index contributed by atoms with van der Waals surface area (Å²) in [6.07, 6.45) is -0.703. The van der Waals surface area contributed by atoms with E-state index in [1.807, 2.05) is 24.3 Å². The largest absolute Gasteiger partial charge is 0.481 e. The van der Waals surface area contributed by atoms with Gasteiger partial charge in [0.15, 0.2) is 6.10 Å². The number of nitrogens with zero attached hydrogens (tertiary/aromatic N) is 1. The molecule has 0 fully saturated rings. The normalized spacial score (nSPS) is 13.2. The second-order valence-electron chi connectivity index (χ2n) is 7.84. The Morgan fingerprint density at radius 2 is 1.54 bits per heavy atom. The molecule has 0 saturated heterocycles. The Bertz CT molecular complexity index is 912. The van der Waals surface area contributed by atoms with E-state index < -0.39 is 16.1 Å². The molecule has 0 saturated carbocycles. The number of carbonyl (C=O) groups is 1. The van der Waals surface area contributed by atoms with Gasteiger partial charge in [0.25, 0.3) is 5.91 Å². The van der Waals surface area contributed by atoms with E-state index in [0.29, 0.717) is 11.4 Å². The molecule has 0 aliphatic heterocycles. The fourth-order valence-corrected chi connectivity index (χ4v) is 3.36. The molecule has 1 N–H and O–H groups in total. The maximum Gasteiger partial charge on any atom is 0.265 e. The highest BCUT2D eigenvalue weighted by Gasteiger charge is 2.19. The predicted octanol–water partition coefficient (Wildman–Crippen LogP) is 3.64. The summed E-state index contributed by atoms with van der Waals surface area (Å²) in [5.74, 6) is 0.297. The van der Waals surface area contributed by atoms with Gasteiger partial charge in [0.1, 0.15) is 5.75 Å². The van der Waals surface area contributed by atoms with E-state index >= 15 is 0 Å². The average Bonchev–Trinajstić information content (AvgIpc) is 2.61. The van der Waals surface area contributed by atoms with Crippen molar-refractivity contribution in [2.75, 3.05) is 19.4 Å². The van der Waals surface area contributed by atoms with Gasteiger partial charge >= 0.3 is 0 Å². The van der Waals surface area contributed by atoms with Gasteiger partial charge in [-0.15, -0.1) is 0 Å². The molecule has 1 amide bonds. The lowest BCUT2D eigenvalue weighted by molar-refractivity contribution is -0.122. The lowest BCUT2D eigenvalue weighted by atomic mass is 9.87. The van der Waals surface area contributed by atoms with Crippen LogP contribution in [0, 0.1) is 0 Å². The van der Waals surface area contributed by atoms with Gasteiger partial charge in [-0.1, -0.05) is 32.9 Å². The monoisotopic (exact) mass is 404 g/mol. The maximum atomic E-state index is 12.4. The zero-order valence-electron chi connectivity index (χ0n) is 17.2. The summed E-state index contributed by atoms with van der Waals surface area (Å²) in [5, 5.41) is 2.73. The number of anilines is 1. The van der Waals surface area contributed by atoms with Crippen LogP contribution in [0.25, 0.3) is 0 Å². The van der Waals surface area contributed by atoms with Crippen molar-refractivity contribution in [3.05, 3.63) is 54.1 Å². The van der Waals surface area contributed by atoms with Crippen LogP contribution in [0.4, 0.5) is 5.69 Å². The molecule has 1 atom stereocenters. The van der Waals surface area contributed by atoms with Crippen LogP contribution in [0.5, 0.6) is 5.75 Å². The van der Waals surface area contributed by atoms with E-state index in [1.54, 1.807) is 19.1 Å². The number of nitrogens with one attached hydrogen (secondary N) is 1. The third-order valence-corrected chi connectivity index (χ3v) is 6.13. The minimum Gasteiger partial charge on any atom is -0.481 e. The van der Waals surface area contributed by atoms with Crippen LogP contribution in [-0.4, -0.2) is 38.8 Å². The van der Waals surface area contributed by atoms with Crippen molar-refractivity contribution in [3.63, 3.8) is 0 Å². The van der Waals surface area contributed by atoms with Gasteiger partial charge in [0.2, 0.25) is 10.0 Å². The Morgan fingerprint density at radius 1 is 1.00 bits per heavy atom. The van der Waals surface area contributed by atoms with Gasteiger partial charge in [0.05, 0.1) is 4.90 Å². The van der Waals surface area contributed by atoms with Crippen molar-refractivity contribution in [2.24, 2.45) is 0 Å². The SMILES string of the molecule is C[C@H](Oc1ccc(C(C)(C)C)cc1)C(=O)Nc1ccc(S(=O)(=O)N(C)C)cc1. The molecule has 0 aromatic heterocycles. The number of sulfonamides is 1. The van der Waals surface area contributed by atoms with Crippen LogP contribution < -0.4 is 10.1 Å². The summed E-state index contributed by atoms with van der Waals surface area (Å²) in [7, 11) is -0.557. The van der Waals surface area contributed by atoms with E-state index in [1.165, 1.54) is 31.8 Å². The summed E-state index contributed by atoms with van der Waals surface area (Å²) >= 11 is 0. The average molecular weight is 405 g/mol. The number of benzene rings is 2. The quantitative estimate of drug-likeness (QED) is 0.798. The van der Waals surface area contributed by atoms with E-state index in [-0.39, 0.29) is 16.2 Å². The third-order valence-electron chi connectivity index (χ3n) is 4.30. The molecule has 28 heavy (non-hydrogen) atoms. The number of amides is 1. The summed E-state index contributed by atoms with van der Waals surface area (Å²) in [6, 6.07) is 13.7. The molecule has 2 rings (SSSR count). The zero-order chi connectivity index (χ0) is 21.1. The van der Waals surface area contributed by atoms with Crippen molar-refractivity contribution in [1.82, 2.24) is 4.31 Å². The molecule has 0 bridgehead atoms. The van der Waals surface area contributed by atoms with Crippen LogP contribution in [0.2, 0.25) is 0 Å². The van der Waals surface area contributed by atoms with E-state index in [9.17, 15) is 13.2 Å². The second kappa shape index (κ2) is 8.32. The molecule has 0 radical (unpaired) electrons. The maximum absolute atomic E-state index is 12.4. The molecular weight excluding hydrogens is 376 g/mol. The molecule has 6 nitrogen and oxygen atoms in total. The molecule has 2 aromatic carbocycles. The molecule has 152 valence electrons. The lowest BCUT2D eigenvalue weighted by Gasteiger charge is -2.20. The number of hydrogen-bond acceptors (Lipinski definition) is 4. The zero-order valence-corrected chi connectivity index (χ0v) is 18.0. The van der Waals surface area contributed by atoms with Gasteiger partial charge < -0.3 is 10.1 Å². The van der Waals surface area contributed by atoms with E-state index in [4.69, 9.17) is 4.74 Å². The lowest BCUT2D eigenvalue weighted by Crippen LogP contribution is -2.30. The highest BCUT2D eigenvalue weighted by molar-refractivity contribution is 7.89. The Labute approximate surface area is 167 Å². The molecule has 2 aromatic rings. The van der Waals surface area contributed by atoms with Gasteiger partial charge in [-0.25, -0.2) is 12.7 Å². The Balaban J connectivity index is 2.00. The molecule has 0 unspecified atom stereocenters. The van der Waals surface area contributed by atoms with Gasteiger partial charge in [-0.05, 0) is 54.3 Å². The van der Waals surface area contributed by atoms with Crippen molar-refractivity contribution < 1.29 is 17.9 Å². The van der Waals surface area contributed by atoms with Crippen molar-refractivity contribution in [2.45, 2.75) is 44.1 Å². The first kappa shape index (κ1) is 21.9. The minimum atomic E-state index is -3.50. The van der Waals surface area contributed by atoms with Crippen molar-refractivity contribution >= 4 is 21.6 Å². The van der Waals surface area contributed by atoms with Gasteiger partial charge in [-0.2, -0.15) is 0 Å². The fourth-order valence-electron chi connectivity index (χ4n) is 2.46. The van der Waals surface area contributed by atoms with E-state index in [0.717, 1.165) is 4.31 Å². The van der Waals surface area contributed by atoms with Crippen LogP contribution in [0.1, 0.15) is 33.3 Å². The number of rotatable bonds is 6. The number of hydrogen-bond donors (Lipinski definition) is 1. The molecule has 0 aliphatic carbocycles. The molecule has 0 aliphatic rings. The van der Waals surface area contributed by atoms with Crippen molar-refractivity contribution in [3.8, 4) is 5.75 Å². The second-order valence-corrected chi connectivity index (χ2v) is 9.99. The molecule has 0 heterocycles. The summed E-state index contributed by atoms with van der Waals surface area (Å²) in [5.41, 5.74) is 1.74. The van der Waals surface area contributed by atoms with Crippen LogP contribution in [0.3, 0.4) is 0 Å². The first-order valence-electron chi connectivity index (χ1n) is 9.02. The van der Waals surface area contributed by atoms with Crippen LogP contribution in [0.15, 0.2) is 53.4 Å². The Morgan fingerprint density at radius 3 is 2.00 bits per heavy atom. The van der Waals surface area contributed by atoms with Gasteiger partial charge in [-0.3, -0.25) is 4.79 Å². The number of ether oxygens (including phenoxy) is 1. The van der Waals surface area contributed by atoms with E-state index in [2.05, 4.69) is 26.1 Å². The topological polar surface area (TPSA) is 75.7 Å². The standard InChI is InChI=1S/C21H28N2O4S/c1-15(27-18-11-7-16(8-12-18)21(2,3)4)20(24)22-17-9-13-19(14-10-17)28(25,26)23(5)6/h7-15H,1-6H3,(H,22,24)/t15-/m0/s1.